The van der Waals surface area contributed by atoms with E-state index in [1.807, 2.05) is 0 Å². The Bertz CT molecular complexity index is 314. The maximum absolute atomic E-state index is 11.5. The first-order chi connectivity index (χ1) is 6.43. The Balaban J connectivity index is 2.63. The zero-order chi connectivity index (χ0) is 10.8. The van der Waals surface area contributed by atoms with Gasteiger partial charge in [-0.25, -0.2) is 8.42 Å². The number of rotatable bonds is 3. The molecule has 0 aromatic rings. The van der Waals surface area contributed by atoms with Gasteiger partial charge in [0.05, 0.1) is 11.8 Å². The molecule has 82 valence electrons. The van der Waals surface area contributed by atoms with Gasteiger partial charge in [-0.2, -0.15) is 4.31 Å². The molecule has 1 atom stereocenters. The number of nitrogens with zero attached hydrogens (tertiary/aromatic N) is 1. The molecule has 4 N–H and O–H groups in total. The molecule has 7 heteroatoms. The van der Waals surface area contributed by atoms with Crippen molar-refractivity contribution in [1.82, 2.24) is 4.31 Å². The molecule has 0 saturated carbocycles. The summed E-state index contributed by atoms with van der Waals surface area (Å²) in [6.45, 7) is 0.432. The van der Waals surface area contributed by atoms with Gasteiger partial charge in [-0.05, 0) is 12.8 Å². The first-order valence-corrected chi connectivity index (χ1v) is 6.07. The first-order valence-electron chi connectivity index (χ1n) is 4.46. The van der Waals surface area contributed by atoms with Gasteiger partial charge in [0.25, 0.3) is 0 Å². The quantitative estimate of drug-likeness (QED) is 0.587. The Kier molecular flexibility index (Phi) is 3.46. The minimum Gasteiger partial charge on any atom is -0.368 e. The van der Waals surface area contributed by atoms with E-state index in [0.29, 0.717) is 13.0 Å². The molecule has 1 saturated heterocycles. The number of carbonyl (C=O) groups excluding carboxylic acids is 1. The maximum atomic E-state index is 11.5. The number of sulfonamides is 1. The van der Waals surface area contributed by atoms with Gasteiger partial charge in [-0.3, -0.25) is 4.79 Å². The summed E-state index contributed by atoms with van der Waals surface area (Å²) < 4.78 is 24.2. The summed E-state index contributed by atoms with van der Waals surface area (Å²) in [7, 11) is -3.21. The lowest BCUT2D eigenvalue weighted by atomic mass is 10.3. The van der Waals surface area contributed by atoms with E-state index < -0.39 is 22.0 Å². The highest BCUT2D eigenvalue weighted by Crippen LogP contribution is 2.13. The van der Waals surface area contributed by atoms with Crippen LogP contribution in [0.4, 0.5) is 0 Å². The summed E-state index contributed by atoms with van der Waals surface area (Å²) in [6, 6.07) is -0.914. The molecule has 0 aromatic carbocycles. The maximum Gasteiger partial charge on any atom is 0.235 e. The lowest BCUT2D eigenvalue weighted by Gasteiger charge is -2.27. The summed E-state index contributed by atoms with van der Waals surface area (Å²) in [4.78, 5) is 10.7. The van der Waals surface area contributed by atoms with Crippen LogP contribution in [0.2, 0.25) is 0 Å². The molecule has 1 rings (SSSR count). The number of hydrogen-bond donors (Lipinski definition) is 2. The van der Waals surface area contributed by atoms with Crippen molar-refractivity contribution >= 4 is 15.9 Å². The zero-order valence-electron chi connectivity index (χ0n) is 7.85. The number of nitrogens with two attached hydrogens (primary N) is 2. The van der Waals surface area contributed by atoms with E-state index in [1.54, 1.807) is 0 Å². The van der Waals surface area contributed by atoms with E-state index in [9.17, 15) is 13.2 Å². The average molecular weight is 221 g/mol. The van der Waals surface area contributed by atoms with Crippen LogP contribution >= 0.6 is 0 Å². The molecule has 0 aromatic heterocycles. The molecule has 1 aliphatic rings. The van der Waals surface area contributed by atoms with Crippen LogP contribution < -0.4 is 11.5 Å². The average Bonchev–Trinajstić information content (AvgIpc) is 2.08. The van der Waals surface area contributed by atoms with Gasteiger partial charge in [0.1, 0.15) is 0 Å². The highest BCUT2D eigenvalue weighted by Gasteiger charge is 2.28. The molecule has 1 amide bonds. The third-order valence-electron chi connectivity index (χ3n) is 2.22. The molecular weight excluding hydrogens is 206 g/mol. The van der Waals surface area contributed by atoms with Crippen molar-refractivity contribution in [3.05, 3.63) is 0 Å². The van der Waals surface area contributed by atoms with E-state index in [1.165, 1.54) is 4.31 Å². The highest BCUT2D eigenvalue weighted by molar-refractivity contribution is 7.89. The molecule has 0 bridgehead atoms. The van der Waals surface area contributed by atoms with Gasteiger partial charge in [0.2, 0.25) is 15.9 Å². The molecule has 1 fully saturated rings. The summed E-state index contributed by atoms with van der Waals surface area (Å²) in [5.74, 6) is -0.538. The van der Waals surface area contributed by atoms with Crippen LogP contribution in [-0.2, 0) is 14.8 Å². The van der Waals surface area contributed by atoms with E-state index in [-0.39, 0.29) is 12.3 Å². The van der Waals surface area contributed by atoms with Crippen molar-refractivity contribution in [1.29, 1.82) is 0 Å². The zero-order valence-corrected chi connectivity index (χ0v) is 8.66. The fourth-order valence-corrected chi connectivity index (χ4v) is 2.98. The summed E-state index contributed by atoms with van der Waals surface area (Å²) in [6.07, 6.45) is 1.48. The predicted octanol–water partition coefficient (Wildman–Crippen LogP) is -1.78. The second kappa shape index (κ2) is 4.24. The number of amides is 1. The van der Waals surface area contributed by atoms with Crippen LogP contribution in [0.15, 0.2) is 0 Å². The number of hydrogen-bond acceptors (Lipinski definition) is 4. The molecule has 0 radical (unpaired) electrons. The standard InChI is InChI=1S/C7H15N3O3S/c8-6(7(9)11)5-10-3-1-2-4-14(10,12)13/h6H,1-5,8H2,(H2,9,11). The molecule has 0 aliphatic carbocycles. The highest BCUT2D eigenvalue weighted by atomic mass is 32.2. The molecule has 1 unspecified atom stereocenters. The van der Waals surface area contributed by atoms with Crippen LogP contribution in [0.3, 0.4) is 0 Å². The monoisotopic (exact) mass is 221 g/mol. The molecular formula is C7H15N3O3S. The lowest BCUT2D eigenvalue weighted by Crippen LogP contribution is -2.49. The van der Waals surface area contributed by atoms with Crippen LogP contribution in [0.25, 0.3) is 0 Å². The van der Waals surface area contributed by atoms with Crippen LogP contribution in [0.1, 0.15) is 12.8 Å². The van der Waals surface area contributed by atoms with Crippen LogP contribution in [0.5, 0.6) is 0 Å². The van der Waals surface area contributed by atoms with Crippen molar-refractivity contribution < 1.29 is 13.2 Å². The Labute approximate surface area is 83.3 Å². The van der Waals surface area contributed by atoms with Crippen molar-refractivity contribution in [2.24, 2.45) is 11.5 Å². The minimum atomic E-state index is -3.21. The third kappa shape index (κ3) is 2.66. The Morgan fingerprint density at radius 1 is 1.43 bits per heavy atom. The van der Waals surface area contributed by atoms with Crippen molar-refractivity contribution in [3.63, 3.8) is 0 Å². The molecule has 0 spiro atoms. The Hall–Kier alpha value is -0.660. The van der Waals surface area contributed by atoms with Gasteiger partial charge in [-0.1, -0.05) is 0 Å². The van der Waals surface area contributed by atoms with Gasteiger partial charge >= 0.3 is 0 Å². The topological polar surface area (TPSA) is 106 Å². The molecule has 1 aliphatic heterocycles. The SMILES string of the molecule is NC(=O)C(N)CN1CCCCS1(=O)=O. The molecule has 1 heterocycles. The Morgan fingerprint density at radius 3 is 2.57 bits per heavy atom. The van der Waals surface area contributed by atoms with E-state index >= 15 is 0 Å². The predicted molar refractivity (Wildman–Crippen MR) is 51.8 cm³/mol. The van der Waals surface area contributed by atoms with Crippen LogP contribution in [-0.4, -0.2) is 43.5 Å². The second-order valence-electron chi connectivity index (χ2n) is 3.39. The largest absolute Gasteiger partial charge is 0.368 e. The summed E-state index contributed by atoms with van der Waals surface area (Å²) in [5, 5.41) is 0. The Morgan fingerprint density at radius 2 is 2.07 bits per heavy atom. The van der Waals surface area contributed by atoms with Crippen molar-refractivity contribution in [2.45, 2.75) is 18.9 Å². The fourth-order valence-electron chi connectivity index (χ4n) is 1.36. The summed E-state index contributed by atoms with van der Waals surface area (Å²) in [5.41, 5.74) is 10.3. The first kappa shape index (κ1) is 11.4. The van der Waals surface area contributed by atoms with E-state index in [4.69, 9.17) is 11.5 Å². The third-order valence-corrected chi connectivity index (χ3v) is 4.14. The van der Waals surface area contributed by atoms with Gasteiger partial charge < -0.3 is 11.5 Å². The van der Waals surface area contributed by atoms with Crippen molar-refractivity contribution in [2.75, 3.05) is 18.8 Å². The number of carbonyl (C=O) groups is 1. The molecule has 6 nitrogen and oxygen atoms in total. The van der Waals surface area contributed by atoms with E-state index in [0.717, 1.165) is 6.42 Å². The van der Waals surface area contributed by atoms with Gasteiger partial charge in [0, 0.05) is 13.1 Å². The van der Waals surface area contributed by atoms with Crippen molar-refractivity contribution in [3.8, 4) is 0 Å². The van der Waals surface area contributed by atoms with Gasteiger partial charge in [-0.15, -0.1) is 0 Å². The normalized spacial score (nSPS) is 24.4. The summed E-state index contributed by atoms with van der Waals surface area (Å²) >= 11 is 0. The molecule has 14 heavy (non-hydrogen) atoms. The lowest BCUT2D eigenvalue weighted by molar-refractivity contribution is -0.119. The second-order valence-corrected chi connectivity index (χ2v) is 5.48. The van der Waals surface area contributed by atoms with Crippen LogP contribution in [0, 0.1) is 0 Å². The van der Waals surface area contributed by atoms with E-state index in [2.05, 4.69) is 0 Å². The number of primary amides is 1. The smallest absolute Gasteiger partial charge is 0.235 e. The fraction of sp³-hybridized carbons (Fsp3) is 0.857. The minimum absolute atomic E-state index is 0.00231. The van der Waals surface area contributed by atoms with Gasteiger partial charge in [0.15, 0.2) is 0 Å².